The highest BCUT2D eigenvalue weighted by Crippen LogP contribution is 2.32. The zero-order valence-corrected chi connectivity index (χ0v) is 20.8. The number of nitrogens with zero attached hydrogens (tertiary/aromatic N) is 8. The first-order valence-corrected chi connectivity index (χ1v) is 12.4. The third-order valence-corrected chi connectivity index (χ3v) is 6.49. The maximum atomic E-state index is 12.3. The number of rotatable bonds is 6. The Labute approximate surface area is 216 Å². The Kier molecular flexibility index (Phi) is 5.94. The van der Waals surface area contributed by atoms with E-state index in [0.717, 1.165) is 29.7 Å². The van der Waals surface area contributed by atoms with E-state index >= 15 is 0 Å². The van der Waals surface area contributed by atoms with Gasteiger partial charge in [-0.3, -0.25) is 0 Å². The molecule has 6 rings (SSSR count). The Morgan fingerprint density at radius 3 is 2.95 bits per heavy atom. The Balaban J connectivity index is 1.28. The topological polar surface area (TPSA) is 177 Å². The van der Waals surface area contributed by atoms with Crippen molar-refractivity contribution in [2.24, 2.45) is 0 Å². The van der Waals surface area contributed by atoms with Gasteiger partial charge in [-0.1, -0.05) is 13.3 Å². The van der Waals surface area contributed by atoms with Gasteiger partial charge in [0.25, 0.3) is 6.01 Å². The molecule has 5 aromatic rings. The van der Waals surface area contributed by atoms with Crippen molar-refractivity contribution in [2.45, 2.75) is 39.3 Å². The van der Waals surface area contributed by atoms with E-state index in [4.69, 9.17) is 30.7 Å². The average molecular weight is 515 g/mol. The number of anilines is 2. The third-order valence-electron chi connectivity index (χ3n) is 6.49. The first kappa shape index (κ1) is 23.6. The maximum absolute atomic E-state index is 12.3. The molecule has 13 heteroatoms. The molecule has 0 spiro atoms. The van der Waals surface area contributed by atoms with E-state index in [1.54, 1.807) is 21.8 Å². The highest BCUT2D eigenvalue weighted by Gasteiger charge is 2.24. The minimum Gasteiger partial charge on any atom is -0.449 e. The number of aromatic nitrogens is 7. The lowest BCUT2D eigenvalue weighted by molar-refractivity contribution is 0.0962. The minimum atomic E-state index is -0.299. The molecule has 0 radical (unpaired) electrons. The monoisotopic (exact) mass is 514 g/mol. The van der Waals surface area contributed by atoms with Crippen LogP contribution in [0.3, 0.4) is 0 Å². The molecule has 0 saturated heterocycles. The number of carbonyl (C=O) groups excluding carboxylic acids is 1. The molecule has 1 amide bonds. The summed E-state index contributed by atoms with van der Waals surface area (Å²) in [5.74, 6) is 0.892. The van der Waals surface area contributed by atoms with Gasteiger partial charge in [-0.2, -0.15) is 10.1 Å². The van der Waals surface area contributed by atoms with Gasteiger partial charge in [-0.05, 0) is 24.6 Å². The van der Waals surface area contributed by atoms with Crippen LogP contribution >= 0.6 is 0 Å². The Morgan fingerprint density at radius 1 is 1.18 bits per heavy atom. The van der Waals surface area contributed by atoms with Crippen molar-refractivity contribution >= 4 is 40.1 Å². The van der Waals surface area contributed by atoms with E-state index in [1.807, 2.05) is 12.1 Å². The van der Waals surface area contributed by atoms with Gasteiger partial charge in [-0.25, -0.2) is 29.4 Å². The lowest BCUT2D eigenvalue weighted by Crippen LogP contribution is -2.37. The first-order chi connectivity index (χ1) is 18.5. The maximum Gasteiger partial charge on any atom is 0.410 e. The van der Waals surface area contributed by atoms with Gasteiger partial charge in [-0.15, -0.1) is 0 Å². The van der Waals surface area contributed by atoms with Crippen LogP contribution in [0.2, 0.25) is 0 Å². The number of benzene rings is 1. The van der Waals surface area contributed by atoms with Crippen LogP contribution in [-0.2, 0) is 24.2 Å². The standard InChI is InChI=1S/C25H26N10O3/c1-2-3-8-37-25(36)34-7-6-16-15(11-34)10-28-19(31-16)12-35-23-20(22(26)29-13-30-23)21(33-35)14-4-5-18-17(9-14)32-24(27)38-18/h4-5,9-10,13H,2-3,6-8,11-12H2,1H3,(H2,27,32)(H2,26,29,30). The third kappa shape index (κ3) is 4.31. The number of oxazole rings is 1. The van der Waals surface area contributed by atoms with Crippen LogP contribution in [0.25, 0.3) is 33.4 Å². The van der Waals surface area contributed by atoms with Gasteiger partial charge in [0.15, 0.2) is 11.2 Å². The van der Waals surface area contributed by atoms with E-state index in [2.05, 4.69) is 26.9 Å². The van der Waals surface area contributed by atoms with Crippen LogP contribution in [-0.4, -0.2) is 58.8 Å². The second kappa shape index (κ2) is 9.57. The number of amides is 1. The molecule has 1 aromatic carbocycles. The molecule has 0 atom stereocenters. The van der Waals surface area contributed by atoms with E-state index in [-0.39, 0.29) is 18.7 Å². The van der Waals surface area contributed by atoms with Crippen molar-refractivity contribution in [3.05, 3.63) is 47.8 Å². The molecule has 4 aromatic heterocycles. The number of fused-ring (bicyclic) bond motifs is 3. The molecule has 38 heavy (non-hydrogen) atoms. The van der Waals surface area contributed by atoms with Crippen LogP contribution in [0.4, 0.5) is 16.6 Å². The summed E-state index contributed by atoms with van der Waals surface area (Å²) in [6.07, 6.45) is 5.32. The van der Waals surface area contributed by atoms with Crippen molar-refractivity contribution in [3.8, 4) is 11.3 Å². The van der Waals surface area contributed by atoms with Crippen molar-refractivity contribution in [1.29, 1.82) is 0 Å². The highest BCUT2D eigenvalue weighted by molar-refractivity contribution is 5.99. The molecule has 0 unspecified atom stereocenters. The van der Waals surface area contributed by atoms with Crippen LogP contribution in [0.5, 0.6) is 0 Å². The van der Waals surface area contributed by atoms with Crippen LogP contribution in [0, 0.1) is 0 Å². The SMILES string of the molecule is CCCCOC(=O)N1CCc2nc(Cn3nc(-c4ccc5oc(N)nc5c4)c4c(N)ncnc43)ncc2C1. The molecule has 0 saturated carbocycles. The molecule has 13 nitrogen and oxygen atoms in total. The van der Waals surface area contributed by atoms with Gasteiger partial charge in [0, 0.05) is 30.3 Å². The van der Waals surface area contributed by atoms with Crippen LogP contribution in [0.1, 0.15) is 36.8 Å². The molecule has 5 heterocycles. The fourth-order valence-corrected chi connectivity index (χ4v) is 4.55. The van der Waals surface area contributed by atoms with E-state index < -0.39 is 0 Å². The molecule has 194 valence electrons. The minimum absolute atomic E-state index is 0.0939. The Hall–Kier alpha value is -4.81. The summed E-state index contributed by atoms with van der Waals surface area (Å²) in [4.78, 5) is 36.2. The second-order valence-electron chi connectivity index (χ2n) is 9.10. The van der Waals surface area contributed by atoms with E-state index in [0.29, 0.717) is 65.6 Å². The highest BCUT2D eigenvalue weighted by atomic mass is 16.6. The normalized spacial score (nSPS) is 13.2. The van der Waals surface area contributed by atoms with Gasteiger partial charge in [0.2, 0.25) is 0 Å². The first-order valence-electron chi connectivity index (χ1n) is 12.4. The van der Waals surface area contributed by atoms with Gasteiger partial charge in [0.1, 0.15) is 35.7 Å². The van der Waals surface area contributed by atoms with Crippen LogP contribution in [0.15, 0.2) is 35.1 Å². The van der Waals surface area contributed by atoms with Gasteiger partial charge < -0.3 is 25.5 Å². The molecule has 1 aliphatic rings. The molecule has 0 fully saturated rings. The molecular formula is C25H26N10O3. The number of hydrogen-bond acceptors (Lipinski definition) is 11. The lowest BCUT2D eigenvalue weighted by atomic mass is 10.1. The Bertz CT molecular complexity index is 1660. The van der Waals surface area contributed by atoms with Crippen molar-refractivity contribution < 1.29 is 13.9 Å². The summed E-state index contributed by atoms with van der Waals surface area (Å²) in [7, 11) is 0. The second-order valence-corrected chi connectivity index (χ2v) is 9.10. The molecule has 4 N–H and O–H groups in total. The van der Waals surface area contributed by atoms with Crippen molar-refractivity contribution in [1.82, 2.24) is 39.6 Å². The zero-order valence-electron chi connectivity index (χ0n) is 20.8. The fourth-order valence-electron chi connectivity index (χ4n) is 4.55. The summed E-state index contributed by atoms with van der Waals surface area (Å²) >= 11 is 0. The number of nitrogen functional groups attached to an aromatic ring is 2. The average Bonchev–Trinajstić information content (AvgIpc) is 3.48. The predicted molar refractivity (Wildman–Crippen MR) is 139 cm³/mol. The van der Waals surface area contributed by atoms with Gasteiger partial charge in [0.05, 0.1) is 24.2 Å². The Morgan fingerprint density at radius 2 is 2.08 bits per heavy atom. The fraction of sp³-hybridized carbons (Fsp3) is 0.320. The molecular weight excluding hydrogens is 488 g/mol. The lowest BCUT2D eigenvalue weighted by Gasteiger charge is -2.27. The summed E-state index contributed by atoms with van der Waals surface area (Å²) in [5, 5.41) is 5.43. The van der Waals surface area contributed by atoms with E-state index in [1.165, 1.54) is 6.33 Å². The van der Waals surface area contributed by atoms with Crippen LogP contribution < -0.4 is 11.5 Å². The number of ether oxygens (including phenoxy) is 1. The van der Waals surface area contributed by atoms with Crippen molar-refractivity contribution in [3.63, 3.8) is 0 Å². The number of unbranched alkanes of at least 4 members (excludes halogenated alkanes) is 1. The largest absolute Gasteiger partial charge is 0.449 e. The predicted octanol–water partition coefficient (Wildman–Crippen LogP) is 2.93. The quantitative estimate of drug-likeness (QED) is 0.318. The summed E-state index contributed by atoms with van der Waals surface area (Å²) in [6, 6.07) is 5.58. The molecule has 1 aliphatic heterocycles. The van der Waals surface area contributed by atoms with Crippen molar-refractivity contribution in [2.75, 3.05) is 24.6 Å². The smallest absolute Gasteiger partial charge is 0.410 e. The number of carbonyl (C=O) groups is 1. The molecule has 0 aliphatic carbocycles. The summed E-state index contributed by atoms with van der Waals surface area (Å²) < 4.78 is 12.5. The number of hydrogen-bond donors (Lipinski definition) is 2. The molecule has 0 bridgehead atoms. The summed E-state index contributed by atoms with van der Waals surface area (Å²) in [6.45, 7) is 3.74. The zero-order chi connectivity index (χ0) is 26.2. The van der Waals surface area contributed by atoms with E-state index in [9.17, 15) is 4.79 Å². The number of nitrogens with two attached hydrogens (primary N) is 2. The van der Waals surface area contributed by atoms with Gasteiger partial charge >= 0.3 is 6.09 Å². The summed E-state index contributed by atoms with van der Waals surface area (Å²) in [5.41, 5.74) is 16.9.